The van der Waals surface area contributed by atoms with Crippen LogP contribution in [0.15, 0.2) is 24.5 Å². The smallest absolute Gasteiger partial charge is 0.303 e. The average Bonchev–Trinajstić information content (AvgIpc) is 2.89. The number of hydrogen-bond acceptors (Lipinski definition) is 3. The van der Waals surface area contributed by atoms with Gasteiger partial charge in [-0.2, -0.15) is 0 Å². The standard InChI is InChI=1S/C16H19N3O3/c1-11-2-5-19-10-13(17-14(19)8-11)16(22)18-6-3-12(4-7-18)9-15(20)21/h2,5,8,10,12H,3-4,6-7,9H2,1H3,(H,20,21). The van der Waals surface area contributed by atoms with Gasteiger partial charge < -0.3 is 14.4 Å². The molecule has 0 atom stereocenters. The molecule has 2 aromatic rings. The van der Waals surface area contributed by atoms with E-state index in [0.29, 0.717) is 18.8 Å². The summed E-state index contributed by atoms with van der Waals surface area (Å²) in [4.78, 5) is 29.4. The Labute approximate surface area is 128 Å². The summed E-state index contributed by atoms with van der Waals surface area (Å²) in [6.45, 7) is 3.19. The summed E-state index contributed by atoms with van der Waals surface area (Å²) in [6, 6.07) is 3.91. The zero-order valence-electron chi connectivity index (χ0n) is 12.5. The summed E-state index contributed by atoms with van der Waals surface area (Å²) in [5, 5.41) is 8.83. The fourth-order valence-corrected chi connectivity index (χ4v) is 2.94. The topological polar surface area (TPSA) is 74.9 Å². The number of aromatic nitrogens is 2. The maximum Gasteiger partial charge on any atom is 0.303 e. The summed E-state index contributed by atoms with van der Waals surface area (Å²) >= 11 is 0. The van der Waals surface area contributed by atoms with Crippen molar-refractivity contribution in [2.75, 3.05) is 13.1 Å². The van der Waals surface area contributed by atoms with E-state index in [9.17, 15) is 9.59 Å². The third-order valence-electron chi connectivity index (χ3n) is 4.20. The minimum absolute atomic E-state index is 0.0740. The molecule has 3 rings (SSSR count). The zero-order valence-corrected chi connectivity index (χ0v) is 12.5. The molecule has 0 saturated carbocycles. The van der Waals surface area contributed by atoms with Gasteiger partial charge in [-0.25, -0.2) is 4.98 Å². The Morgan fingerprint density at radius 2 is 2.09 bits per heavy atom. The van der Waals surface area contributed by atoms with E-state index < -0.39 is 5.97 Å². The molecule has 1 aliphatic rings. The third-order valence-corrected chi connectivity index (χ3v) is 4.20. The molecule has 1 amide bonds. The molecule has 0 radical (unpaired) electrons. The molecule has 0 bridgehead atoms. The lowest BCUT2D eigenvalue weighted by Gasteiger charge is -2.30. The number of piperidine rings is 1. The third kappa shape index (κ3) is 2.95. The number of carboxylic acids is 1. The normalized spacial score (nSPS) is 16.1. The highest BCUT2D eigenvalue weighted by molar-refractivity contribution is 5.93. The Morgan fingerprint density at radius 1 is 1.36 bits per heavy atom. The molecule has 0 unspecified atom stereocenters. The van der Waals surface area contributed by atoms with Crippen LogP contribution in [0.2, 0.25) is 0 Å². The summed E-state index contributed by atoms with van der Waals surface area (Å²) in [5.74, 6) is -0.666. The summed E-state index contributed by atoms with van der Waals surface area (Å²) in [6.07, 6.45) is 5.32. The molecule has 1 saturated heterocycles. The molecule has 2 aromatic heterocycles. The number of fused-ring (bicyclic) bond motifs is 1. The Balaban J connectivity index is 1.69. The number of aliphatic carboxylic acids is 1. The molecule has 6 nitrogen and oxygen atoms in total. The second-order valence-corrected chi connectivity index (χ2v) is 5.93. The van der Waals surface area contributed by atoms with E-state index in [1.165, 1.54) is 0 Å². The number of aryl methyl sites for hydroxylation is 1. The van der Waals surface area contributed by atoms with Crippen LogP contribution in [0.5, 0.6) is 0 Å². The summed E-state index contributed by atoms with van der Waals surface area (Å²) < 4.78 is 1.84. The van der Waals surface area contributed by atoms with Gasteiger partial charge in [0.25, 0.3) is 5.91 Å². The number of rotatable bonds is 3. The second kappa shape index (κ2) is 5.79. The number of pyridine rings is 1. The van der Waals surface area contributed by atoms with Gasteiger partial charge in [-0.15, -0.1) is 0 Å². The number of hydrogen-bond donors (Lipinski definition) is 1. The van der Waals surface area contributed by atoms with Gasteiger partial charge in [0, 0.05) is 31.9 Å². The molecule has 1 fully saturated rings. The van der Waals surface area contributed by atoms with Crippen molar-refractivity contribution in [2.45, 2.75) is 26.2 Å². The highest BCUT2D eigenvalue weighted by atomic mass is 16.4. The SMILES string of the molecule is Cc1ccn2cc(C(=O)N3CCC(CC(=O)O)CC3)nc2c1. The monoisotopic (exact) mass is 301 g/mol. The number of nitrogens with zero attached hydrogens (tertiary/aromatic N) is 3. The first kappa shape index (κ1) is 14.6. The summed E-state index contributed by atoms with van der Waals surface area (Å²) in [5.41, 5.74) is 2.32. The van der Waals surface area contributed by atoms with E-state index in [-0.39, 0.29) is 18.2 Å². The number of amides is 1. The Bertz CT molecular complexity index is 714. The van der Waals surface area contributed by atoms with Crippen molar-refractivity contribution in [3.8, 4) is 0 Å². The minimum atomic E-state index is -0.763. The van der Waals surface area contributed by atoms with Gasteiger partial charge in [0.15, 0.2) is 0 Å². The van der Waals surface area contributed by atoms with Crippen molar-refractivity contribution in [1.82, 2.24) is 14.3 Å². The predicted octanol–water partition coefficient (Wildman–Crippen LogP) is 1.97. The maximum atomic E-state index is 12.5. The van der Waals surface area contributed by atoms with Gasteiger partial charge in [0.1, 0.15) is 11.3 Å². The van der Waals surface area contributed by atoms with E-state index in [2.05, 4.69) is 4.98 Å². The van der Waals surface area contributed by atoms with Gasteiger partial charge in [-0.3, -0.25) is 9.59 Å². The van der Waals surface area contributed by atoms with Crippen molar-refractivity contribution in [1.29, 1.82) is 0 Å². The molecule has 0 spiro atoms. The lowest BCUT2D eigenvalue weighted by molar-refractivity contribution is -0.138. The molecule has 0 aliphatic carbocycles. The Morgan fingerprint density at radius 3 is 2.77 bits per heavy atom. The Hall–Kier alpha value is -2.37. The first-order chi connectivity index (χ1) is 10.5. The van der Waals surface area contributed by atoms with Gasteiger partial charge in [-0.05, 0) is 43.4 Å². The molecule has 6 heteroatoms. The molecule has 22 heavy (non-hydrogen) atoms. The van der Waals surface area contributed by atoms with Crippen LogP contribution < -0.4 is 0 Å². The maximum absolute atomic E-state index is 12.5. The number of carboxylic acid groups (broad SMARTS) is 1. The fraction of sp³-hybridized carbons (Fsp3) is 0.438. The van der Waals surface area contributed by atoms with Crippen LogP contribution in [0.4, 0.5) is 0 Å². The number of carbonyl (C=O) groups excluding carboxylic acids is 1. The van der Waals surface area contributed by atoms with Gasteiger partial charge in [0.2, 0.25) is 0 Å². The van der Waals surface area contributed by atoms with Crippen molar-refractivity contribution in [3.05, 3.63) is 35.8 Å². The quantitative estimate of drug-likeness (QED) is 0.940. The van der Waals surface area contributed by atoms with Crippen molar-refractivity contribution in [2.24, 2.45) is 5.92 Å². The van der Waals surface area contributed by atoms with Gasteiger partial charge >= 0.3 is 5.97 Å². The van der Waals surface area contributed by atoms with E-state index in [0.717, 1.165) is 24.1 Å². The summed E-state index contributed by atoms with van der Waals surface area (Å²) in [7, 11) is 0. The molecule has 1 aliphatic heterocycles. The predicted molar refractivity (Wildman–Crippen MR) is 80.8 cm³/mol. The highest BCUT2D eigenvalue weighted by Gasteiger charge is 2.26. The van der Waals surface area contributed by atoms with Crippen LogP contribution >= 0.6 is 0 Å². The van der Waals surface area contributed by atoms with E-state index in [4.69, 9.17) is 5.11 Å². The lowest BCUT2D eigenvalue weighted by Crippen LogP contribution is -2.39. The van der Waals surface area contributed by atoms with Crippen molar-refractivity contribution in [3.63, 3.8) is 0 Å². The van der Waals surface area contributed by atoms with Crippen LogP contribution in [0.3, 0.4) is 0 Å². The lowest BCUT2D eigenvalue weighted by atomic mass is 9.93. The molecule has 116 valence electrons. The van der Waals surface area contributed by atoms with E-state index in [1.54, 1.807) is 11.1 Å². The zero-order chi connectivity index (χ0) is 15.7. The van der Waals surface area contributed by atoms with Crippen LogP contribution in [0, 0.1) is 12.8 Å². The molecule has 1 N–H and O–H groups in total. The largest absolute Gasteiger partial charge is 0.481 e. The van der Waals surface area contributed by atoms with Crippen LogP contribution in [0.25, 0.3) is 5.65 Å². The van der Waals surface area contributed by atoms with Crippen molar-refractivity contribution >= 4 is 17.5 Å². The minimum Gasteiger partial charge on any atom is -0.481 e. The van der Waals surface area contributed by atoms with Crippen LogP contribution in [-0.4, -0.2) is 44.4 Å². The van der Waals surface area contributed by atoms with E-state index in [1.807, 2.05) is 29.7 Å². The van der Waals surface area contributed by atoms with Gasteiger partial charge in [-0.1, -0.05) is 0 Å². The molecule has 0 aromatic carbocycles. The number of likely N-dealkylation sites (tertiary alicyclic amines) is 1. The average molecular weight is 301 g/mol. The van der Waals surface area contributed by atoms with Gasteiger partial charge in [0.05, 0.1) is 0 Å². The van der Waals surface area contributed by atoms with Crippen LogP contribution in [-0.2, 0) is 4.79 Å². The fourth-order valence-electron chi connectivity index (χ4n) is 2.94. The highest BCUT2D eigenvalue weighted by Crippen LogP contribution is 2.22. The first-order valence-corrected chi connectivity index (χ1v) is 7.49. The first-order valence-electron chi connectivity index (χ1n) is 7.49. The van der Waals surface area contributed by atoms with Crippen molar-refractivity contribution < 1.29 is 14.7 Å². The van der Waals surface area contributed by atoms with E-state index >= 15 is 0 Å². The molecule has 3 heterocycles. The Kier molecular flexibility index (Phi) is 3.83. The number of imidazole rings is 1. The number of carbonyl (C=O) groups is 2. The van der Waals surface area contributed by atoms with Crippen LogP contribution in [0.1, 0.15) is 35.3 Å². The molecular weight excluding hydrogens is 282 g/mol. The molecular formula is C16H19N3O3. The second-order valence-electron chi connectivity index (χ2n) is 5.93.